The molecular formula is C58H112O17P2. The smallest absolute Gasteiger partial charge is 0.462 e. The van der Waals surface area contributed by atoms with Gasteiger partial charge >= 0.3 is 39.5 Å². The third-order valence-electron chi connectivity index (χ3n) is 13.6. The fraction of sp³-hybridized carbons (Fsp3) is 0.931. The molecule has 77 heavy (non-hydrogen) atoms. The van der Waals surface area contributed by atoms with Gasteiger partial charge in [-0.1, -0.05) is 228 Å². The Bertz CT molecular complexity index is 1530. The second-order valence-electron chi connectivity index (χ2n) is 21.7. The number of phosphoric acid groups is 2. The molecule has 6 atom stereocenters. The number of ether oxygens (including phenoxy) is 4. The maximum absolute atomic E-state index is 12.9. The first-order chi connectivity index (χ1) is 36.9. The molecule has 3 unspecified atom stereocenters. The standard InChI is InChI=1S/C58H112O17P2/c1-7-10-12-14-16-18-20-28-34-40-55(60)68-46-53(74-57(62)42-36-30-21-19-17-15-13-11-8-2)48-72-76(64,65)70-44-52(59)45-71-77(66,67)73-49-54(47-69-56(61)41-35-29-24-22-26-32-38-50(4)5)75-58(63)43-37-31-25-23-27-33-39-51(6)9-3/h50-54,59H,7-49H2,1-6H3,(H,64,65)(H,66,67)/t51?,52-,53+,54+/m0/s1. The molecular weight excluding hydrogens is 1030 g/mol. The van der Waals surface area contributed by atoms with Crippen molar-refractivity contribution in [3.63, 3.8) is 0 Å². The van der Waals surface area contributed by atoms with Gasteiger partial charge in [0.25, 0.3) is 0 Å². The second-order valence-corrected chi connectivity index (χ2v) is 24.7. The van der Waals surface area contributed by atoms with Crippen molar-refractivity contribution in [2.45, 2.75) is 297 Å². The monoisotopic (exact) mass is 1140 g/mol. The highest BCUT2D eigenvalue weighted by molar-refractivity contribution is 7.47. The lowest BCUT2D eigenvalue weighted by atomic mass is 10.00. The summed E-state index contributed by atoms with van der Waals surface area (Å²) in [5.74, 6) is -0.749. The van der Waals surface area contributed by atoms with Crippen molar-refractivity contribution < 1.29 is 80.2 Å². The molecule has 0 aromatic heterocycles. The fourth-order valence-corrected chi connectivity index (χ4v) is 10.0. The summed E-state index contributed by atoms with van der Waals surface area (Å²) in [7, 11) is -9.87. The number of hydrogen-bond donors (Lipinski definition) is 3. The number of aliphatic hydroxyl groups is 1. The van der Waals surface area contributed by atoms with Crippen LogP contribution in [0.1, 0.15) is 279 Å². The third-order valence-corrected chi connectivity index (χ3v) is 15.5. The molecule has 3 N–H and O–H groups in total. The zero-order chi connectivity index (χ0) is 57.3. The Morgan fingerprint density at radius 2 is 0.662 bits per heavy atom. The van der Waals surface area contributed by atoms with Gasteiger partial charge in [0.15, 0.2) is 12.2 Å². The van der Waals surface area contributed by atoms with Crippen LogP contribution >= 0.6 is 15.6 Å². The van der Waals surface area contributed by atoms with Gasteiger partial charge in [0, 0.05) is 25.7 Å². The third kappa shape index (κ3) is 51.9. The van der Waals surface area contributed by atoms with Crippen LogP contribution in [-0.2, 0) is 65.4 Å². The summed E-state index contributed by atoms with van der Waals surface area (Å²) in [5.41, 5.74) is 0. The predicted octanol–water partition coefficient (Wildman–Crippen LogP) is 15.3. The number of unbranched alkanes of at least 4 members (excludes halogenated alkanes) is 26. The molecule has 0 heterocycles. The van der Waals surface area contributed by atoms with Crippen molar-refractivity contribution in [3.8, 4) is 0 Å². The van der Waals surface area contributed by atoms with Crippen LogP contribution in [0.2, 0.25) is 0 Å². The predicted molar refractivity (Wildman–Crippen MR) is 303 cm³/mol. The molecule has 0 fully saturated rings. The van der Waals surface area contributed by atoms with Crippen LogP contribution < -0.4 is 0 Å². The van der Waals surface area contributed by atoms with Crippen molar-refractivity contribution in [2.24, 2.45) is 11.8 Å². The Morgan fingerprint density at radius 1 is 0.377 bits per heavy atom. The number of carbonyl (C=O) groups is 4. The largest absolute Gasteiger partial charge is 0.472 e. The summed E-state index contributed by atoms with van der Waals surface area (Å²) in [6.45, 7) is 9.28. The van der Waals surface area contributed by atoms with Gasteiger partial charge in [-0.25, -0.2) is 9.13 Å². The molecule has 0 amide bonds. The Kier molecular flexibility index (Phi) is 49.7. The molecule has 0 aliphatic carbocycles. The Hall–Kier alpha value is -1.94. The average Bonchev–Trinajstić information content (AvgIpc) is 3.39. The molecule has 0 rings (SSSR count). The van der Waals surface area contributed by atoms with Crippen molar-refractivity contribution >= 4 is 39.5 Å². The van der Waals surface area contributed by atoms with Crippen LogP contribution in [0.3, 0.4) is 0 Å². The first-order valence-electron chi connectivity index (χ1n) is 30.5. The number of aliphatic hydroxyl groups excluding tert-OH is 1. The number of hydrogen-bond acceptors (Lipinski definition) is 15. The zero-order valence-electron chi connectivity index (χ0n) is 49.2. The summed E-state index contributed by atoms with van der Waals surface area (Å²) in [6, 6.07) is 0. The van der Waals surface area contributed by atoms with Gasteiger partial charge in [0.1, 0.15) is 19.3 Å². The minimum Gasteiger partial charge on any atom is -0.462 e. The molecule has 19 heteroatoms. The van der Waals surface area contributed by atoms with Gasteiger partial charge in [-0.05, 0) is 37.5 Å². The van der Waals surface area contributed by atoms with Crippen LogP contribution in [0, 0.1) is 11.8 Å². The van der Waals surface area contributed by atoms with E-state index in [1.165, 1.54) is 89.9 Å². The van der Waals surface area contributed by atoms with Gasteiger partial charge in [-0.15, -0.1) is 0 Å². The quantitative estimate of drug-likeness (QED) is 0.0222. The highest BCUT2D eigenvalue weighted by Gasteiger charge is 2.30. The van der Waals surface area contributed by atoms with Crippen LogP contribution in [0.4, 0.5) is 0 Å². The van der Waals surface area contributed by atoms with E-state index in [0.29, 0.717) is 31.6 Å². The minimum atomic E-state index is -4.94. The van der Waals surface area contributed by atoms with E-state index in [1.54, 1.807) is 0 Å². The first kappa shape index (κ1) is 75.1. The summed E-state index contributed by atoms with van der Waals surface area (Å²) in [6.07, 6.45) is 30.9. The number of esters is 4. The molecule has 0 aromatic rings. The lowest BCUT2D eigenvalue weighted by molar-refractivity contribution is -0.161. The van der Waals surface area contributed by atoms with Gasteiger partial charge in [0.2, 0.25) is 0 Å². The van der Waals surface area contributed by atoms with Crippen molar-refractivity contribution in [1.29, 1.82) is 0 Å². The van der Waals surface area contributed by atoms with Crippen LogP contribution in [-0.4, -0.2) is 96.7 Å². The average molecular weight is 1140 g/mol. The highest BCUT2D eigenvalue weighted by atomic mass is 31.2. The lowest BCUT2D eigenvalue weighted by Crippen LogP contribution is -2.30. The maximum atomic E-state index is 12.9. The topological polar surface area (TPSA) is 237 Å². The van der Waals surface area contributed by atoms with E-state index in [0.717, 1.165) is 102 Å². The van der Waals surface area contributed by atoms with Crippen LogP contribution in [0.5, 0.6) is 0 Å². The molecule has 0 saturated carbocycles. The number of carbonyl (C=O) groups excluding carboxylic acids is 4. The molecule has 456 valence electrons. The molecule has 0 radical (unpaired) electrons. The first-order valence-corrected chi connectivity index (χ1v) is 33.5. The van der Waals surface area contributed by atoms with E-state index < -0.39 is 97.5 Å². The number of rotatable bonds is 57. The van der Waals surface area contributed by atoms with Gasteiger partial charge in [-0.2, -0.15) is 0 Å². The SMILES string of the molecule is CCCCCCCCCCCC(=O)OC[C@H](COP(=O)(O)OC[C@H](O)COP(=O)(O)OC[C@@H](COC(=O)CCCCCCCCC(C)C)OC(=O)CCCCCCCCC(C)CC)OC(=O)CCCCCCCCCCC. The van der Waals surface area contributed by atoms with Crippen molar-refractivity contribution in [2.75, 3.05) is 39.6 Å². The summed E-state index contributed by atoms with van der Waals surface area (Å²) in [4.78, 5) is 71.8. The normalized spacial score (nSPS) is 14.8. The summed E-state index contributed by atoms with van der Waals surface area (Å²) >= 11 is 0. The van der Waals surface area contributed by atoms with E-state index in [4.69, 9.17) is 37.0 Å². The summed E-state index contributed by atoms with van der Waals surface area (Å²) < 4.78 is 67.6. The van der Waals surface area contributed by atoms with Gasteiger partial charge in [-0.3, -0.25) is 37.3 Å². The molecule has 0 aliphatic rings. The van der Waals surface area contributed by atoms with E-state index in [1.807, 2.05) is 0 Å². The Labute approximate surface area is 467 Å². The Balaban J connectivity index is 5.23. The molecule has 0 aromatic carbocycles. The highest BCUT2D eigenvalue weighted by Crippen LogP contribution is 2.45. The van der Waals surface area contributed by atoms with Gasteiger partial charge < -0.3 is 33.8 Å². The zero-order valence-corrected chi connectivity index (χ0v) is 51.0. The molecule has 0 aliphatic heterocycles. The van der Waals surface area contributed by atoms with Crippen molar-refractivity contribution in [1.82, 2.24) is 0 Å². The summed E-state index contributed by atoms with van der Waals surface area (Å²) in [5, 5.41) is 10.5. The molecule has 0 bridgehead atoms. The second kappa shape index (κ2) is 51.0. The van der Waals surface area contributed by atoms with Crippen LogP contribution in [0.15, 0.2) is 0 Å². The maximum Gasteiger partial charge on any atom is 0.472 e. The van der Waals surface area contributed by atoms with Crippen molar-refractivity contribution in [3.05, 3.63) is 0 Å². The molecule has 17 nitrogen and oxygen atoms in total. The van der Waals surface area contributed by atoms with Crippen LogP contribution in [0.25, 0.3) is 0 Å². The molecule has 0 saturated heterocycles. The minimum absolute atomic E-state index is 0.102. The van der Waals surface area contributed by atoms with E-state index >= 15 is 0 Å². The van der Waals surface area contributed by atoms with E-state index in [9.17, 15) is 43.2 Å². The Morgan fingerprint density at radius 3 is 0.987 bits per heavy atom. The number of phosphoric ester groups is 2. The fourth-order valence-electron chi connectivity index (χ4n) is 8.44. The molecule has 0 spiro atoms. The van der Waals surface area contributed by atoms with E-state index in [2.05, 4.69) is 41.5 Å². The van der Waals surface area contributed by atoms with Gasteiger partial charge in [0.05, 0.1) is 26.4 Å². The lowest BCUT2D eigenvalue weighted by Gasteiger charge is -2.21. The van der Waals surface area contributed by atoms with E-state index in [-0.39, 0.29) is 25.7 Å².